The number of halogens is 2. The standard InChI is InChI=1S/C32H26Cl2N4O3S/c1-20-4-3-5-21(14-20)18-41-30-27(34)15-22(16-29(30)40-2)17-35-38-31(39)24-8-6-23(7-9-24)28-19-42-32(37-28)36-26-12-10-25(33)11-13-26/h3-17,19H,18H2,1-2H3,(H,36,37)(H,38,39)/b35-17-. The lowest BCUT2D eigenvalue weighted by atomic mass is 10.1. The molecule has 0 radical (unpaired) electrons. The van der Waals surface area contributed by atoms with Gasteiger partial charge < -0.3 is 14.8 Å². The number of carbonyl (C=O) groups is 1. The number of nitrogens with one attached hydrogen (secondary N) is 2. The number of hydrogen-bond donors (Lipinski definition) is 2. The molecule has 4 aromatic carbocycles. The average Bonchev–Trinajstić information content (AvgIpc) is 3.46. The maximum absolute atomic E-state index is 12.7. The lowest BCUT2D eigenvalue weighted by Gasteiger charge is -2.13. The number of ether oxygens (including phenoxy) is 2. The Morgan fingerprint density at radius 1 is 1.02 bits per heavy atom. The number of methoxy groups -OCH3 is 1. The van der Waals surface area contributed by atoms with Gasteiger partial charge in [0.15, 0.2) is 16.6 Å². The highest BCUT2D eigenvalue weighted by Gasteiger charge is 2.13. The van der Waals surface area contributed by atoms with Gasteiger partial charge in [-0.15, -0.1) is 11.3 Å². The van der Waals surface area contributed by atoms with Crippen LogP contribution in [0, 0.1) is 6.92 Å². The Balaban J connectivity index is 1.18. The summed E-state index contributed by atoms with van der Waals surface area (Å²) in [5.41, 5.74) is 8.42. The Kier molecular flexibility index (Phi) is 9.38. The van der Waals surface area contributed by atoms with Gasteiger partial charge in [0.2, 0.25) is 0 Å². The molecule has 0 aliphatic carbocycles. The Bertz CT molecular complexity index is 1720. The molecule has 0 saturated heterocycles. The zero-order valence-corrected chi connectivity index (χ0v) is 25.1. The van der Waals surface area contributed by atoms with Crippen molar-refractivity contribution in [1.29, 1.82) is 0 Å². The van der Waals surface area contributed by atoms with Crippen LogP contribution >= 0.6 is 34.5 Å². The molecule has 212 valence electrons. The fourth-order valence-corrected chi connectivity index (χ4v) is 5.19. The fourth-order valence-electron chi connectivity index (χ4n) is 4.05. The van der Waals surface area contributed by atoms with E-state index in [1.807, 2.05) is 73.0 Å². The SMILES string of the molecule is COc1cc(/C=N\NC(=O)c2ccc(-c3csc(Nc4ccc(Cl)cc4)n3)cc2)cc(Cl)c1OCc1cccc(C)c1. The zero-order chi connectivity index (χ0) is 29.5. The molecule has 1 amide bonds. The second kappa shape index (κ2) is 13.5. The molecule has 0 atom stereocenters. The van der Waals surface area contributed by atoms with Gasteiger partial charge in [-0.25, -0.2) is 10.4 Å². The Labute approximate surface area is 257 Å². The summed E-state index contributed by atoms with van der Waals surface area (Å²) in [6, 6.07) is 26.1. The van der Waals surface area contributed by atoms with Gasteiger partial charge in [0.1, 0.15) is 6.61 Å². The molecule has 2 N–H and O–H groups in total. The summed E-state index contributed by atoms with van der Waals surface area (Å²) in [6.45, 7) is 2.38. The van der Waals surface area contributed by atoms with Gasteiger partial charge in [0, 0.05) is 27.2 Å². The van der Waals surface area contributed by atoms with Gasteiger partial charge in [-0.2, -0.15) is 5.10 Å². The molecule has 0 aliphatic rings. The van der Waals surface area contributed by atoms with Crippen LogP contribution in [0.4, 0.5) is 10.8 Å². The molecule has 0 aliphatic heterocycles. The quantitative estimate of drug-likeness (QED) is 0.121. The van der Waals surface area contributed by atoms with E-state index < -0.39 is 0 Å². The molecular formula is C32H26Cl2N4O3S. The van der Waals surface area contributed by atoms with Crippen LogP contribution in [0.5, 0.6) is 11.5 Å². The lowest BCUT2D eigenvalue weighted by molar-refractivity contribution is 0.0955. The molecule has 0 fully saturated rings. The van der Waals surface area contributed by atoms with Crippen molar-refractivity contribution in [3.8, 4) is 22.8 Å². The second-order valence-electron chi connectivity index (χ2n) is 9.26. The molecule has 0 bridgehead atoms. The monoisotopic (exact) mass is 616 g/mol. The average molecular weight is 618 g/mol. The van der Waals surface area contributed by atoms with Crippen LogP contribution in [0.3, 0.4) is 0 Å². The number of benzene rings is 4. The maximum Gasteiger partial charge on any atom is 0.271 e. The molecule has 7 nitrogen and oxygen atoms in total. The number of nitrogens with zero attached hydrogens (tertiary/aromatic N) is 2. The Morgan fingerprint density at radius 3 is 2.55 bits per heavy atom. The van der Waals surface area contributed by atoms with Crippen molar-refractivity contribution < 1.29 is 14.3 Å². The number of hydrogen-bond acceptors (Lipinski definition) is 7. The van der Waals surface area contributed by atoms with Crippen molar-refractivity contribution in [3.63, 3.8) is 0 Å². The van der Waals surface area contributed by atoms with Crippen LogP contribution in [0.2, 0.25) is 10.0 Å². The number of anilines is 2. The Hall–Kier alpha value is -4.37. The number of rotatable bonds is 10. The predicted molar refractivity (Wildman–Crippen MR) is 171 cm³/mol. The summed E-state index contributed by atoms with van der Waals surface area (Å²) in [7, 11) is 1.54. The molecule has 1 aromatic heterocycles. The van der Waals surface area contributed by atoms with Crippen LogP contribution in [-0.4, -0.2) is 24.2 Å². The number of amides is 1. The largest absolute Gasteiger partial charge is 0.493 e. The topological polar surface area (TPSA) is 84.8 Å². The molecule has 42 heavy (non-hydrogen) atoms. The molecule has 0 spiro atoms. The first kappa shape index (κ1) is 29.1. The molecule has 10 heteroatoms. The van der Waals surface area contributed by atoms with E-state index in [0.29, 0.717) is 39.3 Å². The first-order valence-electron chi connectivity index (χ1n) is 12.9. The van der Waals surface area contributed by atoms with Crippen LogP contribution in [-0.2, 0) is 6.61 Å². The van der Waals surface area contributed by atoms with Gasteiger partial charge >= 0.3 is 0 Å². The zero-order valence-electron chi connectivity index (χ0n) is 22.7. The van der Waals surface area contributed by atoms with Crippen LogP contribution < -0.4 is 20.2 Å². The highest BCUT2D eigenvalue weighted by Crippen LogP contribution is 2.36. The molecule has 0 unspecified atom stereocenters. The first-order chi connectivity index (χ1) is 20.4. The molecule has 0 saturated carbocycles. The van der Waals surface area contributed by atoms with E-state index in [1.54, 1.807) is 31.4 Å². The van der Waals surface area contributed by atoms with Crippen molar-refractivity contribution in [2.24, 2.45) is 5.10 Å². The molecule has 1 heterocycles. The van der Waals surface area contributed by atoms with Crippen LogP contribution in [0.1, 0.15) is 27.0 Å². The van der Waals surface area contributed by atoms with Crippen LogP contribution in [0.25, 0.3) is 11.3 Å². The second-order valence-corrected chi connectivity index (χ2v) is 11.0. The molecular weight excluding hydrogens is 591 g/mol. The highest BCUT2D eigenvalue weighted by molar-refractivity contribution is 7.14. The third kappa shape index (κ3) is 7.47. The fraction of sp³-hybridized carbons (Fsp3) is 0.0938. The summed E-state index contributed by atoms with van der Waals surface area (Å²) in [5, 5.41) is 11.1. The summed E-state index contributed by atoms with van der Waals surface area (Å²) >= 11 is 13.9. The minimum atomic E-state index is -0.350. The van der Waals surface area contributed by atoms with E-state index in [4.69, 9.17) is 32.7 Å². The number of hydrazone groups is 1. The van der Waals surface area contributed by atoms with E-state index >= 15 is 0 Å². The third-order valence-corrected chi connectivity index (χ3v) is 7.43. The third-order valence-electron chi connectivity index (χ3n) is 6.14. The normalized spacial score (nSPS) is 11.0. The first-order valence-corrected chi connectivity index (χ1v) is 14.5. The Morgan fingerprint density at radius 2 is 1.81 bits per heavy atom. The number of aromatic nitrogens is 1. The van der Waals surface area contributed by atoms with E-state index in [9.17, 15) is 4.79 Å². The van der Waals surface area contributed by atoms with Crippen LogP contribution in [0.15, 0.2) is 95.4 Å². The van der Waals surface area contributed by atoms with Gasteiger partial charge in [0.25, 0.3) is 5.91 Å². The van der Waals surface area contributed by atoms with E-state index in [-0.39, 0.29) is 5.91 Å². The number of carbonyl (C=O) groups excluding carboxylic acids is 1. The summed E-state index contributed by atoms with van der Waals surface area (Å²) in [4.78, 5) is 17.3. The number of thiazole rings is 1. The summed E-state index contributed by atoms with van der Waals surface area (Å²) in [6.07, 6.45) is 1.50. The van der Waals surface area contributed by atoms with E-state index in [2.05, 4.69) is 20.8 Å². The lowest BCUT2D eigenvalue weighted by Crippen LogP contribution is -2.17. The molecule has 5 rings (SSSR count). The predicted octanol–water partition coefficient (Wildman–Crippen LogP) is 8.52. The van der Waals surface area contributed by atoms with E-state index in [1.165, 1.54) is 17.6 Å². The minimum absolute atomic E-state index is 0.350. The molecule has 5 aromatic rings. The van der Waals surface area contributed by atoms with Crippen molar-refractivity contribution in [3.05, 3.63) is 123 Å². The van der Waals surface area contributed by atoms with Gasteiger partial charge in [0.05, 0.1) is 24.0 Å². The summed E-state index contributed by atoms with van der Waals surface area (Å²) in [5.74, 6) is 0.555. The van der Waals surface area contributed by atoms with Crippen molar-refractivity contribution in [2.45, 2.75) is 13.5 Å². The van der Waals surface area contributed by atoms with Gasteiger partial charge in [-0.05, 0) is 66.6 Å². The maximum atomic E-state index is 12.7. The van der Waals surface area contributed by atoms with Crippen molar-refractivity contribution >= 4 is 57.5 Å². The van der Waals surface area contributed by atoms with E-state index in [0.717, 1.165) is 33.2 Å². The smallest absolute Gasteiger partial charge is 0.271 e. The highest BCUT2D eigenvalue weighted by atomic mass is 35.5. The van der Waals surface area contributed by atoms with Gasteiger partial charge in [-0.3, -0.25) is 4.79 Å². The summed E-state index contributed by atoms with van der Waals surface area (Å²) < 4.78 is 11.4. The van der Waals surface area contributed by atoms with Crippen molar-refractivity contribution in [2.75, 3.05) is 12.4 Å². The minimum Gasteiger partial charge on any atom is -0.493 e. The van der Waals surface area contributed by atoms with Crippen molar-refractivity contribution in [1.82, 2.24) is 10.4 Å². The van der Waals surface area contributed by atoms with Gasteiger partial charge in [-0.1, -0.05) is 65.2 Å². The number of aryl methyl sites for hydroxylation is 1.